The van der Waals surface area contributed by atoms with E-state index in [4.69, 9.17) is 0 Å². The zero-order valence-corrected chi connectivity index (χ0v) is 18.5. The third kappa shape index (κ3) is 3.37. The van der Waals surface area contributed by atoms with Gasteiger partial charge in [-0.05, 0) is 65.7 Å². The number of hydrogen-bond acceptors (Lipinski definition) is 1. The number of rotatable bonds is 4. The summed E-state index contributed by atoms with van der Waals surface area (Å²) in [5.41, 5.74) is 8.45. The van der Waals surface area contributed by atoms with Gasteiger partial charge in [-0.1, -0.05) is 72.8 Å². The average Bonchev–Trinajstić information content (AvgIpc) is 3.23. The van der Waals surface area contributed by atoms with Crippen molar-refractivity contribution >= 4 is 33.2 Å². The Kier molecular flexibility index (Phi) is 4.70. The quantitative estimate of drug-likeness (QED) is 0.277. The molecule has 2 heteroatoms. The molecule has 6 aromatic rings. The maximum absolute atomic E-state index is 2.35. The standard InChI is InChI=1S/C31H24N2/c1-32(25-10-4-2-5-11-25)26-19-16-23(17-20-26)24-18-21-31-29(22-24)28-14-8-9-15-30(28)33(31)27-12-6-3-7-13-27/h2-22H,1H3. The summed E-state index contributed by atoms with van der Waals surface area (Å²) >= 11 is 0. The maximum atomic E-state index is 2.35. The van der Waals surface area contributed by atoms with Gasteiger partial charge in [0.2, 0.25) is 0 Å². The van der Waals surface area contributed by atoms with Crippen LogP contribution < -0.4 is 4.90 Å². The largest absolute Gasteiger partial charge is 0.345 e. The van der Waals surface area contributed by atoms with E-state index >= 15 is 0 Å². The topological polar surface area (TPSA) is 8.17 Å². The first-order valence-electron chi connectivity index (χ1n) is 11.3. The Balaban J connectivity index is 1.44. The van der Waals surface area contributed by atoms with Crippen LogP contribution in [-0.2, 0) is 0 Å². The van der Waals surface area contributed by atoms with Gasteiger partial charge in [-0.25, -0.2) is 0 Å². The number of para-hydroxylation sites is 3. The van der Waals surface area contributed by atoms with Crippen molar-refractivity contribution in [3.8, 4) is 16.8 Å². The monoisotopic (exact) mass is 424 g/mol. The molecular formula is C31H24N2. The van der Waals surface area contributed by atoms with Crippen molar-refractivity contribution in [1.29, 1.82) is 0 Å². The Morgan fingerprint density at radius 2 is 1.06 bits per heavy atom. The molecule has 0 atom stereocenters. The number of fused-ring (bicyclic) bond motifs is 3. The summed E-state index contributed by atoms with van der Waals surface area (Å²) in [4.78, 5) is 2.21. The van der Waals surface area contributed by atoms with E-state index in [0.29, 0.717) is 0 Å². The number of nitrogens with zero attached hydrogens (tertiary/aromatic N) is 2. The third-order valence-corrected chi connectivity index (χ3v) is 6.42. The fraction of sp³-hybridized carbons (Fsp3) is 0.0323. The molecule has 0 N–H and O–H groups in total. The van der Waals surface area contributed by atoms with Gasteiger partial charge in [-0.3, -0.25) is 0 Å². The molecule has 0 aliphatic heterocycles. The van der Waals surface area contributed by atoms with E-state index in [1.165, 1.54) is 50.0 Å². The fourth-order valence-corrected chi connectivity index (χ4v) is 4.69. The lowest BCUT2D eigenvalue weighted by atomic mass is 10.0. The van der Waals surface area contributed by atoms with Gasteiger partial charge in [0.25, 0.3) is 0 Å². The number of aromatic nitrogens is 1. The van der Waals surface area contributed by atoms with Gasteiger partial charge in [0, 0.05) is 34.9 Å². The van der Waals surface area contributed by atoms with Crippen LogP contribution >= 0.6 is 0 Å². The molecule has 0 aliphatic rings. The molecule has 0 bridgehead atoms. The molecule has 0 fully saturated rings. The Hall–Kier alpha value is -4.30. The molecule has 0 saturated carbocycles. The third-order valence-electron chi connectivity index (χ3n) is 6.42. The van der Waals surface area contributed by atoms with Crippen molar-refractivity contribution < 1.29 is 0 Å². The van der Waals surface area contributed by atoms with Crippen LogP contribution in [0.1, 0.15) is 0 Å². The molecular weight excluding hydrogens is 400 g/mol. The minimum absolute atomic E-state index is 1.17. The molecule has 158 valence electrons. The first-order valence-corrected chi connectivity index (χ1v) is 11.3. The summed E-state index contributed by atoms with van der Waals surface area (Å²) < 4.78 is 2.35. The molecule has 6 rings (SSSR count). The van der Waals surface area contributed by atoms with Crippen LogP contribution in [0.4, 0.5) is 11.4 Å². The van der Waals surface area contributed by atoms with Gasteiger partial charge < -0.3 is 9.47 Å². The summed E-state index contributed by atoms with van der Waals surface area (Å²) in [6, 6.07) is 45.3. The first kappa shape index (κ1) is 19.4. The predicted octanol–water partition coefficient (Wildman–Crippen LogP) is 8.22. The van der Waals surface area contributed by atoms with Crippen LogP contribution in [0.25, 0.3) is 38.6 Å². The molecule has 1 aromatic heterocycles. The van der Waals surface area contributed by atoms with Crippen LogP contribution in [0.3, 0.4) is 0 Å². The highest BCUT2D eigenvalue weighted by Gasteiger charge is 2.13. The van der Waals surface area contributed by atoms with Gasteiger partial charge >= 0.3 is 0 Å². The lowest BCUT2D eigenvalue weighted by Gasteiger charge is -2.19. The van der Waals surface area contributed by atoms with Gasteiger partial charge in [-0.2, -0.15) is 0 Å². The highest BCUT2D eigenvalue weighted by Crippen LogP contribution is 2.35. The van der Waals surface area contributed by atoms with Crippen molar-refractivity contribution in [2.75, 3.05) is 11.9 Å². The molecule has 0 spiro atoms. The second-order valence-electron chi connectivity index (χ2n) is 8.36. The summed E-state index contributed by atoms with van der Waals surface area (Å²) in [5.74, 6) is 0. The van der Waals surface area contributed by atoms with E-state index in [1.807, 2.05) is 6.07 Å². The first-order chi connectivity index (χ1) is 16.3. The van der Waals surface area contributed by atoms with Crippen molar-refractivity contribution in [1.82, 2.24) is 4.57 Å². The number of anilines is 2. The minimum Gasteiger partial charge on any atom is -0.345 e. The summed E-state index contributed by atoms with van der Waals surface area (Å²) in [5, 5.41) is 2.55. The smallest absolute Gasteiger partial charge is 0.0541 e. The van der Waals surface area contributed by atoms with Gasteiger partial charge in [-0.15, -0.1) is 0 Å². The van der Waals surface area contributed by atoms with Gasteiger partial charge in [0.1, 0.15) is 0 Å². The lowest BCUT2D eigenvalue weighted by molar-refractivity contribution is 1.18. The predicted molar refractivity (Wildman–Crippen MR) is 141 cm³/mol. The summed E-state index contributed by atoms with van der Waals surface area (Å²) in [7, 11) is 2.11. The second kappa shape index (κ2) is 7.99. The molecule has 0 unspecified atom stereocenters. The summed E-state index contributed by atoms with van der Waals surface area (Å²) in [6.45, 7) is 0. The average molecular weight is 425 g/mol. The van der Waals surface area contributed by atoms with E-state index in [0.717, 1.165) is 0 Å². The zero-order chi connectivity index (χ0) is 22.2. The molecule has 0 saturated heterocycles. The van der Waals surface area contributed by atoms with Crippen LogP contribution in [0.2, 0.25) is 0 Å². The van der Waals surface area contributed by atoms with Crippen LogP contribution in [0, 0.1) is 0 Å². The SMILES string of the molecule is CN(c1ccccc1)c1ccc(-c2ccc3c(c2)c2ccccc2n3-c2ccccc2)cc1. The molecule has 5 aromatic carbocycles. The Morgan fingerprint density at radius 3 is 1.82 bits per heavy atom. The zero-order valence-electron chi connectivity index (χ0n) is 18.5. The number of hydrogen-bond donors (Lipinski definition) is 0. The normalized spacial score (nSPS) is 11.2. The molecule has 1 heterocycles. The number of benzene rings is 5. The maximum Gasteiger partial charge on any atom is 0.0541 e. The highest BCUT2D eigenvalue weighted by molar-refractivity contribution is 6.10. The fourth-order valence-electron chi connectivity index (χ4n) is 4.69. The van der Waals surface area contributed by atoms with E-state index in [-0.39, 0.29) is 0 Å². The molecule has 33 heavy (non-hydrogen) atoms. The van der Waals surface area contributed by atoms with Crippen molar-refractivity contribution in [3.05, 3.63) is 127 Å². The summed E-state index contributed by atoms with van der Waals surface area (Å²) in [6.07, 6.45) is 0. The molecule has 0 amide bonds. The molecule has 0 radical (unpaired) electrons. The lowest BCUT2D eigenvalue weighted by Crippen LogP contribution is -2.08. The van der Waals surface area contributed by atoms with Crippen LogP contribution in [0.5, 0.6) is 0 Å². The van der Waals surface area contributed by atoms with Crippen molar-refractivity contribution in [2.45, 2.75) is 0 Å². The Bertz CT molecular complexity index is 1550. The van der Waals surface area contributed by atoms with Gasteiger partial charge in [0.15, 0.2) is 0 Å². The molecule has 2 nitrogen and oxygen atoms in total. The minimum atomic E-state index is 1.17. The van der Waals surface area contributed by atoms with Crippen molar-refractivity contribution in [2.24, 2.45) is 0 Å². The second-order valence-corrected chi connectivity index (χ2v) is 8.36. The van der Waals surface area contributed by atoms with E-state index < -0.39 is 0 Å². The van der Waals surface area contributed by atoms with E-state index in [1.54, 1.807) is 0 Å². The van der Waals surface area contributed by atoms with E-state index in [9.17, 15) is 0 Å². The van der Waals surface area contributed by atoms with E-state index in [2.05, 4.69) is 138 Å². The van der Waals surface area contributed by atoms with Crippen molar-refractivity contribution in [3.63, 3.8) is 0 Å². The van der Waals surface area contributed by atoms with Crippen LogP contribution in [-0.4, -0.2) is 11.6 Å². The highest BCUT2D eigenvalue weighted by atomic mass is 15.1. The Morgan fingerprint density at radius 1 is 0.485 bits per heavy atom. The Labute approximate surface area is 194 Å². The van der Waals surface area contributed by atoms with Crippen LogP contribution in [0.15, 0.2) is 127 Å². The van der Waals surface area contributed by atoms with Gasteiger partial charge in [0.05, 0.1) is 11.0 Å². The molecule has 0 aliphatic carbocycles.